The lowest BCUT2D eigenvalue weighted by Crippen LogP contribution is -2.16. The molecule has 1 fully saturated rings. The lowest BCUT2D eigenvalue weighted by molar-refractivity contribution is -0.160. The second kappa shape index (κ2) is 6.56. The normalized spacial score (nSPS) is 16.6. The van der Waals surface area contributed by atoms with E-state index in [1.807, 2.05) is 0 Å². The minimum atomic E-state index is -0.486. The molecule has 15 heavy (non-hydrogen) atoms. The van der Waals surface area contributed by atoms with Crippen molar-refractivity contribution in [3.8, 4) is 0 Å². The van der Waals surface area contributed by atoms with Crippen LogP contribution in [0, 0.1) is 5.92 Å². The van der Waals surface area contributed by atoms with E-state index in [1.54, 1.807) is 0 Å². The van der Waals surface area contributed by atoms with Crippen molar-refractivity contribution in [1.29, 1.82) is 0 Å². The van der Waals surface area contributed by atoms with Gasteiger partial charge in [-0.3, -0.25) is 9.59 Å². The number of rotatable bonds is 5. The minimum Gasteiger partial charge on any atom is -0.393 e. The van der Waals surface area contributed by atoms with Crippen molar-refractivity contribution >= 4 is 11.9 Å². The third-order valence-corrected chi connectivity index (χ3v) is 2.67. The molecule has 0 N–H and O–H groups in total. The van der Waals surface area contributed by atoms with Crippen LogP contribution in [0.3, 0.4) is 0 Å². The Hall–Kier alpha value is -0.900. The smallest absolute Gasteiger partial charge is 0.315 e. The first kappa shape index (κ1) is 12.2. The molecule has 1 aliphatic carbocycles. The summed E-state index contributed by atoms with van der Waals surface area (Å²) in [4.78, 5) is 22.4. The van der Waals surface area contributed by atoms with Gasteiger partial charge in [-0.25, -0.2) is 0 Å². The van der Waals surface area contributed by atoms with Crippen LogP contribution in [0.5, 0.6) is 0 Å². The highest BCUT2D eigenvalue weighted by atomic mass is 16.6. The largest absolute Gasteiger partial charge is 0.393 e. The topological polar surface area (TPSA) is 52.6 Å². The maximum atomic E-state index is 11.3. The second-order valence-electron chi connectivity index (χ2n) is 3.94. The molecular formula is C11H18O4. The first-order valence-electron chi connectivity index (χ1n) is 5.45. The van der Waals surface area contributed by atoms with Crippen molar-refractivity contribution in [2.75, 3.05) is 13.7 Å². The summed E-state index contributed by atoms with van der Waals surface area (Å²) in [6.45, 7) is 0.301. The van der Waals surface area contributed by atoms with Crippen LogP contribution in [0.4, 0.5) is 0 Å². The Morgan fingerprint density at radius 1 is 1.20 bits per heavy atom. The summed E-state index contributed by atoms with van der Waals surface area (Å²) in [7, 11) is 1.51. The average molecular weight is 214 g/mol. The van der Waals surface area contributed by atoms with Gasteiger partial charge in [-0.05, 0) is 18.8 Å². The fraction of sp³-hybridized carbons (Fsp3) is 0.818. The lowest BCUT2D eigenvalue weighted by Gasteiger charge is -2.07. The maximum Gasteiger partial charge on any atom is 0.315 e. The summed E-state index contributed by atoms with van der Waals surface area (Å²) < 4.78 is 9.37. The highest BCUT2D eigenvalue weighted by molar-refractivity contribution is 5.85. The molecule has 1 saturated carbocycles. The number of ether oxygens (including phenoxy) is 2. The van der Waals surface area contributed by atoms with Gasteiger partial charge in [-0.2, -0.15) is 0 Å². The van der Waals surface area contributed by atoms with Crippen molar-refractivity contribution in [2.24, 2.45) is 5.92 Å². The summed E-state index contributed by atoms with van der Waals surface area (Å²) in [5, 5.41) is 0. The van der Waals surface area contributed by atoms with Crippen LogP contribution in [-0.2, 0) is 19.1 Å². The summed E-state index contributed by atoms with van der Waals surface area (Å²) >= 11 is 0. The van der Waals surface area contributed by atoms with Crippen molar-refractivity contribution in [2.45, 2.75) is 38.5 Å². The van der Waals surface area contributed by atoms with E-state index in [1.165, 1.54) is 20.0 Å². The monoisotopic (exact) mass is 214 g/mol. The van der Waals surface area contributed by atoms with E-state index < -0.39 is 5.97 Å². The Labute approximate surface area is 89.9 Å². The van der Waals surface area contributed by atoms with Crippen LogP contribution in [0.2, 0.25) is 0 Å². The Morgan fingerprint density at radius 2 is 1.87 bits per heavy atom. The average Bonchev–Trinajstić information content (AvgIpc) is 2.67. The molecule has 0 spiro atoms. The number of hydrogen-bond acceptors (Lipinski definition) is 4. The third-order valence-electron chi connectivity index (χ3n) is 2.67. The number of hydrogen-bond donors (Lipinski definition) is 0. The van der Waals surface area contributed by atoms with E-state index in [2.05, 4.69) is 4.74 Å². The van der Waals surface area contributed by atoms with Crippen LogP contribution in [0.1, 0.15) is 38.5 Å². The van der Waals surface area contributed by atoms with Gasteiger partial charge in [0.25, 0.3) is 0 Å². The Morgan fingerprint density at radius 3 is 2.47 bits per heavy atom. The van der Waals surface area contributed by atoms with E-state index >= 15 is 0 Å². The molecule has 0 aromatic carbocycles. The summed E-state index contributed by atoms with van der Waals surface area (Å²) in [6.07, 6.45) is 5.08. The molecule has 86 valence electrons. The van der Waals surface area contributed by atoms with Crippen LogP contribution in [0.25, 0.3) is 0 Å². The van der Waals surface area contributed by atoms with E-state index in [0.29, 0.717) is 18.9 Å². The molecule has 4 nitrogen and oxygen atoms in total. The standard InChI is InChI=1S/C11H18O4/c1-14-7-6-10(12)15-11(13)8-9-4-2-3-5-9/h9H,2-8H2,1H3. The Kier molecular flexibility index (Phi) is 5.32. The van der Waals surface area contributed by atoms with Gasteiger partial charge in [0.1, 0.15) is 0 Å². The zero-order valence-corrected chi connectivity index (χ0v) is 9.16. The molecule has 0 aromatic heterocycles. The predicted octanol–water partition coefficient (Wildman–Crippen LogP) is 1.67. The van der Waals surface area contributed by atoms with Crippen molar-refractivity contribution in [3.05, 3.63) is 0 Å². The molecule has 4 heteroatoms. The van der Waals surface area contributed by atoms with Crippen molar-refractivity contribution < 1.29 is 19.1 Å². The molecule has 0 aromatic rings. The zero-order valence-electron chi connectivity index (χ0n) is 9.16. The highest BCUT2D eigenvalue weighted by Crippen LogP contribution is 2.27. The van der Waals surface area contributed by atoms with Crippen LogP contribution in [-0.4, -0.2) is 25.7 Å². The molecule has 0 saturated heterocycles. The number of methoxy groups -OCH3 is 1. The molecule has 0 bridgehead atoms. The number of carbonyl (C=O) groups is 2. The van der Waals surface area contributed by atoms with Gasteiger partial charge >= 0.3 is 11.9 Å². The van der Waals surface area contributed by atoms with Gasteiger partial charge in [0, 0.05) is 13.5 Å². The van der Waals surface area contributed by atoms with Gasteiger partial charge in [0.05, 0.1) is 13.0 Å². The Balaban J connectivity index is 2.14. The van der Waals surface area contributed by atoms with Crippen molar-refractivity contribution in [1.82, 2.24) is 0 Å². The molecule has 0 aliphatic heterocycles. The predicted molar refractivity (Wildman–Crippen MR) is 54.2 cm³/mol. The van der Waals surface area contributed by atoms with Gasteiger partial charge in [-0.15, -0.1) is 0 Å². The fourth-order valence-corrected chi connectivity index (χ4v) is 1.86. The first-order chi connectivity index (χ1) is 7.22. The Bertz CT molecular complexity index is 219. The third kappa shape index (κ3) is 4.93. The van der Waals surface area contributed by atoms with Gasteiger partial charge < -0.3 is 9.47 Å². The zero-order chi connectivity index (χ0) is 11.1. The summed E-state index contributed by atoms with van der Waals surface area (Å²) in [5.74, 6) is -0.449. The quantitative estimate of drug-likeness (QED) is 0.516. The molecular weight excluding hydrogens is 196 g/mol. The molecule has 0 unspecified atom stereocenters. The van der Waals surface area contributed by atoms with E-state index in [0.717, 1.165) is 12.8 Å². The minimum absolute atomic E-state index is 0.146. The van der Waals surface area contributed by atoms with Gasteiger partial charge in [0.2, 0.25) is 0 Å². The van der Waals surface area contributed by atoms with Crippen LogP contribution >= 0.6 is 0 Å². The number of esters is 2. The molecule has 0 radical (unpaired) electrons. The SMILES string of the molecule is COCCC(=O)OC(=O)CC1CCCC1. The summed E-state index contributed by atoms with van der Waals surface area (Å²) in [5.41, 5.74) is 0. The second-order valence-corrected chi connectivity index (χ2v) is 3.94. The van der Waals surface area contributed by atoms with E-state index in [-0.39, 0.29) is 12.4 Å². The highest BCUT2D eigenvalue weighted by Gasteiger charge is 2.20. The van der Waals surface area contributed by atoms with Crippen LogP contribution < -0.4 is 0 Å². The molecule has 0 heterocycles. The lowest BCUT2D eigenvalue weighted by atomic mass is 10.0. The van der Waals surface area contributed by atoms with E-state index in [9.17, 15) is 9.59 Å². The maximum absolute atomic E-state index is 11.3. The van der Waals surface area contributed by atoms with Gasteiger partial charge in [0.15, 0.2) is 0 Å². The van der Waals surface area contributed by atoms with Crippen molar-refractivity contribution in [3.63, 3.8) is 0 Å². The number of carbonyl (C=O) groups excluding carboxylic acids is 2. The first-order valence-corrected chi connectivity index (χ1v) is 5.45. The van der Waals surface area contributed by atoms with Crippen LogP contribution in [0.15, 0.2) is 0 Å². The molecule has 1 aliphatic rings. The molecule has 1 rings (SSSR count). The molecule has 0 atom stereocenters. The fourth-order valence-electron chi connectivity index (χ4n) is 1.86. The molecule has 0 amide bonds. The van der Waals surface area contributed by atoms with E-state index in [4.69, 9.17) is 4.74 Å². The van der Waals surface area contributed by atoms with Gasteiger partial charge in [-0.1, -0.05) is 12.8 Å². The summed E-state index contributed by atoms with van der Waals surface area (Å²) in [6, 6.07) is 0.